The summed E-state index contributed by atoms with van der Waals surface area (Å²) in [6.07, 6.45) is -2.44. The van der Waals surface area contributed by atoms with Crippen molar-refractivity contribution in [2.24, 2.45) is 11.5 Å². The average Bonchev–Trinajstić information content (AvgIpc) is 2.60. The van der Waals surface area contributed by atoms with Gasteiger partial charge in [-0.2, -0.15) is 0 Å². The van der Waals surface area contributed by atoms with Crippen LogP contribution in [0.4, 0.5) is 0 Å². The number of hydrogen-bond acceptors (Lipinski definition) is 8. The zero-order chi connectivity index (χ0) is 22.7. The number of ether oxygens (including phenoxy) is 1. The zero-order valence-corrected chi connectivity index (χ0v) is 14.8. The minimum Gasteiger partial charge on any atom is -0.481 e. The van der Waals surface area contributed by atoms with Crippen LogP contribution in [0.1, 0.15) is 12.0 Å². The first-order valence-corrected chi connectivity index (χ1v) is 7.74. The third-order valence-corrected chi connectivity index (χ3v) is 3.11. The number of hydrogen-bond donors (Lipinski definition) is 7. The molecule has 0 amide bonds. The summed E-state index contributed by atoms with van der Waals surface area (Å²) in [5.74, 6) is -6.82. The van der Waals surface area contributed by atoms with Gasteiger partial charge in [-0.1, -0.05) is 12.1 Å². The van der Waals surface area contributed by atoms with Crippen LogP contribution < -0.4 is 16.2 Å². The number of rotatable bonds is 10. The van der Waals surface area contributed by atoms with Gasteiger partial charge in [0.25, 0.3) is 6.10 Å². The molecule has 0 saturated heterocycles. The molecule has 0 unspecified atom stereocenters. The number of carboxylic acids is 5. The molecule has 13 nitrogen and oxygen atoms in total. The normalized spacial score (nSPS) is 12.1. The molecular weight excluding hydrogens is 396 g/mol. The van der Waals surface area contributed by atoms with Crippen LogP contribution in [0, 0.1) is 0 Å². The number of nitrogens with two attached hydrogens (primary N) is 2. The summed E-state index contributed by atoms with van der Waals surface area (Å²) in [6.45, 7) is 0. The Labute approximate surface area is 163 Å². The van der Waals surface area contributed by atoms with Crippen molar-refractivity contribution in [2.75, 3.05) is 0 Å². The molecule has 0 aliphatic rings. The van der Waals surface area contributed by atoms with Gasteiger partial charge in [-0.3, -0.25) is 14.4 Å². The van der Waals surface area contributed by atoms with Crippen LogP contribution in [0.2, 0.25) is 0 Å². The molecule has 0 bridgehead atoms. The Balaban J connectivity index is 0.000000734. The lowest BCUT2D eigenvalue weighted by atomic mass is 10.1. The molecule has 0 saturated carbocycles. The highest BCUT2D eigenvalue weighted by atomic mass is 16.5. The van der Waals surface area contributed by atoms with Crippen LogP contribution in [0.3, 0.4) is 0 Å². The molecule has 1 rings (SSSR count). The lowest BCUT2D eigenvalue weighted by Crippen LogP contribution is -2.35. The zero-order valence-electron chi connectivity index (χ0n) is 14.8. The van der Waals surface area contributed by atoms with E-state index >= 15 is 0 Å². The Kier molecular flexibility index (Phi) is 10.4. The lowest BCUT2D eigenvalue weighted by molar-refractivity contribution is -0.159. The number of benzene rings is 1. The quantitative estimate of drug-likeness (QED) is 0.213. The van der Waals surface area contributed by atoms with Crippen molar-refractivity contribution >= 4 is 29.8 Å². The highest BCUT2D eigenvalue weighted by Crippen LogP contribution is 2.15. The largest absolute Gasteiger partial charge is 0.481 e. The summed E-state index contributed by atoms with van der Waals surface area (Å²) >= 11 is 0. The van der Waals surface area contributed by atoms with Crippen LogP contribution in [-0.2, 0) is 30.4 Å². The Bertz CT molecular complexity index is 734. The fourth-order valence-corrected chi connectivity index (χ4v) is 1.66. The first-order chi connectivity index (χ1) is 13.3. The Morgan fingerprint density at radius 3 is 1.52 bits per heavy atom. The fraction of sp³-hybridized carbons (Fsp3) is 0.312. The van der Waals surface area contributed by atoms with Gasteiger partial charge in [-0.15, -0.1) is 0 Å². The minimum atomic E-state index is -2.00. The van der Waals surface area contributed by atoms with E-state index in [0.29, 0.717) is 5.56 Å². The predicted octanol–water partition coefficient (Wildman–Crippen LogP) is -1.57. The number of aliphatic carboxylic acids is 5. The SMILES string of the molecule is N[C@@H](CC(=O)O)C(=O)O.N[C@@H](Cc1ccc(OC(C(=O)O)C(=O)O)cc1)C(=O)O. The molecule has 0 aromatic heterocycles. The summed E-state index contributed by atoms with van der Waals surface area (Å²) in [6, 6.07) is 3.33. The molecule has 2 atom stereocenters. The van der Waals surface area contributed by atoms with E-state index < -0.39 is 54.5 Å². The van der Waals surface area contributed by atoms with Gasteiger partial charge in [0.2, 0.25) is 0 Å². The van der Waals surface area contributed by atoms with Gasteiger partial charge in [0, 0.05) is 0 Å². The maximum Gasteiger partial charge on any atom is 0.356 e. The Morgan fingerprint density at radius 1 is 0.759 bits per heavy atom. The smallest absolute Gasteiger partial charge is 0.356 e. The molecule has 0 heterocycles. The van der Waals surface area contributed by atoms with Crippen molar-refractivity contribution < 1.29 is 54.2 Å². The summed E-state index contributed by atoms with van der Waals surface area (Å²) in [5.41, 5.74) is 10.8. The monoisotopic (exact) mass is 416 g/mol. The van der Waals surface area contributed by atoms with E-state index in [2.05, 4.69) is 0 Å². The van der Waals surface area contributed by atoms with E-state index in [1.165, 1.54) is 24.3 Å². The molecule has 0 aliphatic carbocycles. The van der Waals surface area contributed by atoms with Crippen molar-refractivity contribution in [2.45, 2.75) is 31.0 Å². The van der Waals surface area contributed by atoms with Crippen LogP contribution in [0.15, 0.2) is 24.3 Å². The summed E-state index contributed by atoms with van der Waals surface area (Å²) in [5, 5.41) is 42.0. The summed E-state index contributed by atoms with van der Waals surface area (Å²) in [4.78, 5) is 51.5. The van der Waals surface area contributed by atoms with E-state index in [1.807, 2.05) is 0 Å². The van der Waals surface area contributed by atoms with Crippen LogP contribution >= 0.6 is 0 Å². The van der Waals surface area contributed by atoms with E-state index in [4.69, 9.17) is 41.7 Å². The minimum absolute atomic E-state index is 0.0486. The van der Waals surface area contributed by atoms with Gasteiger partial charge in [0.05, 0.1) is 6.42 Å². The highest BCUT2D eigenvalue weighted by Gasteiger charge is 2.27. The number of carbonyl (C=O) groups is 5. The topological polar surface area (TPSA) is 248 Å². The molecule has 1 aromatic carbocycles. The molecule has 0 radical (unpaired) electrons. The summed E-state index contributed by atoms with van der Waals surface area (Å²) in [7, 11) is 0. The van der Waals surface area contributed by atoms with E-state index in [1.54, 1.807) is 0 Å². The second-order valence-electron chi connectivity index (χ2n) is 5.51. The Hall–Kier alpha value is -3.71. The maximum atomic E-state index is 10.6. The van der Waals surface area contributed by atoms with Crippen LogP contribution in [0.25, 0.3) is 0 Å². The van der Waals surface area contributed by atoms with E-state index in [0.717, 1.165) is 0 Å². The van der Waals surface area contributed by atoms with Crippen LogP contribution in [-0.4, -0.2) is 73.6 Å². The average molecular weight is 416 g/mol. The predicted molar refractivity (Wildman–Crippen MR) is 93.3 cm³/mol. The van der Waals surface area contributed by atoms with Gasteiger partial charge < -0.3 is 41.7 Å². The number of carboxylic acid groups (broad SMARTS) is 5. The summed E-state index contributed by atoms with van der Waals surface area (Å²) < 4.78 is 4.80. The first-order valence-electron chi connectivity index (χ1n) is 7.74. The molecular formula is C16H20N2O11. The van der Waals surface area contributed by atoms with Gasteiger partial charge in [-0.05, 0) is 24.1 Å². The molecule has 160 valence electrons. The van der Waals surface area contributed by atoms with Gasteiger partial charge in [0.1, 0.15) is 17.8 Å². The second-order valence-corrected chi connectivity index (χ2v) is 5.51. The van der Waals surface area contributed by atoms with Gasteiger partial charge >= 0.3 is 29.8 Å². The molecule has 0 fully saturated rings. The van der Waals surface area contributed by atoms with E-state index in [9.17, 15) is 24.0 Å². The van der Waals surface area contributed by atoms with Crippen LogP contribution in [0.5, 0.6) is 5.75 Å². The van der Waals surface area contributed by atoms with Crippen molar-refractivity contribution in [3.8, 4) is 5.75 Å². The standard InChI is InChI=1S/C12H13NO7.C4H7NO4/c13-8(10(14)15)5-6-1-3-7(4-2-6)20-9(11(16)17)12(18)19;5-2(4(8)9)1-3(6)7/h1-4,8-9H,5,13H2,(H,14,15)(H,16,17)(H,18,19);2H,1,5H2,(H,6,7)(H,8,9)/t8-;2-/m00/s1. The maximum absolute atomic E-state index is 10.6. The highest BCUT2D eigenvalue weighted by molar-refractivity contribution is 5.96. The van der Waals surface area contributed by atoms with E-state index in [-0.39, 0.29) is 12.2 Å². The first kappa shape index (κ1) is 25.3. The molecule has 13 heteroatoms. The second kappa shape index (κ2) is 11.9. The molecule has 9 N–H and O–H groups in total. The molecule has 1 aromatic rings. The van der Waals surface area contributed by atoms with Crippen molar-refractivity contribution in [3.63, 3.8) is 0 Å². The van der Waals surface area contributed by atoms with Gasteiger partial charge in [0.15, 0.2) is 0 Å². The lowest BCUT2D eigenvalue weighted by Gasteiger charge is -2.12. The van der Waals surface area contributed by atoms with Gasteiger partial charge in [-0.25, -0.2) is 9.59 Å². The third-order valence-electron chi connectivity index (χ3n) is 3.11. The molecule has 0 spiro atoms. The van der Waals surface area contributed by atoms with Crippen molar-refractivity contribution in [1.29, 1.82) is 0 Å². The molecule has 0 aliphatic heterocycles. The third kappa shape index (κ3) is 10.3. The van der Waals surface area contributed by atoms with Crippen molar-refractivity contribution in [1.82, 2.24) is 0 Å². The molecule has 29 heavy (non-hydrogen) atoms. The fourth-order valence-electron chi connectivity index (χ4n) is 1.66. The van der Waals surface area contributed by atoms with Crippen molar-refractivity contribution in [3.05, 3.63) is 29.8 Å². The Morgan fingerprint density at radius 2 is 1.21 bits per heavy atom.